The van der Waals surface area contributed by atoms with Crippen molar-refractivity contribution in [3.8, 4) is 5.75 Å². The van der Waals surface area contributed by atoms with Gasteiger partial charge >= 0.3 is 18.0 Å². The Morgan fingerprint density at radius 1 is 0.929 bits per heavy atom. The maximum Gasteiger partial charge on any atom is 0.439 e. The zero-order valence-electron chi connectivity index (χ0n) is 15.6. The molecule has 0 aliphatic heterocycles. The minimum atomic E-state index is -5.83. The van der Waals surface area contributed by atoms with E-state index in [4.69, 9.17) is 4.74 Å². The fourth-order valence-electron chi connectivity index (χ4n) is 2.27. The number of halogens is 6. The number of benzene rings is 1. The van der Waals surface area contributed by atoms with Gasteiger partial charge in [0.1, 0.15) is 5.75 Å². The molecule has 4 nitrogen and oxygen atoms in total. The van der Waals surface area contributed by atoms with Gasteiger partial charge in [0.15, 0.2) is 0 Å². The number of carbonyl (C=O) groups is 1. The van der Waals surface area contributed by atoms with E-state index < -0.39 is 36.0 Å². The summed E-state index contributed by atoms with van der Waals surface area (Å²) < 4.78 is 86.3. The number of rotatable bonds is 10. The number of ether oxygens (including phenoxy) is 1. The molecule has 0 unspecified atom stereocenters. The highest BCUT2D eigenvalue weighted by molar-refractivity contribution is 5.77. The fourth-order valence-corrected chi connectivity index (χ4v) is 2.27. The second-order valence-electron chi connectivity index (χ2n) is 6.25. The van der Waals surface area contributed by atoms with Crippen molar-refractivity contribution in [2.75, 3.05) is 11.9 Å². The van der Waals surface area contributed by atoms with E-state index in [2.05, 4.69) is 0 Å². The summed E-state index contributed by atoms with van der Waals surface area (Å²) in [5.74, 6) is -1.03. The summed E-state index contributed by atoms with van der Waals surface area (Å²) in [7, 11) is 0. The average Bonchev–Trinajstić information content (AvgIpc) is 2.59. The van der Waals surface area contributed by atoms with Crippen LogP contribution in [-0.4, -0.2) is 30.5 Å². The van der Waals surface area contributed by atoms with Crippen LogP contribution < -0.4 is 15.4 Å². The first-order valence-electron chi connectivity index (χ1n) is 8.92. The molecule has 28 heavy (non-hydrogen) atoms. The molecule has 1 aromatic rings. The normalized spacial score (nSPS) is 12.6. The van der Waals surface area contributed by atoms with Crippen LogP contribution in [0.4, 0.5) is 32.0 Å². The molecule has 0 saturated carbocycles. The Labute approximate surface area is 159 Å². The molecule has 0 spiro atoms. The lowest BCUT2D eigenvalue weighted by molar-refractivity contribution is -0.295. The number of carbonyl (C=O) groups excluding carboxylic acids is 1. The Balaban J connectivity index is 3.13. The van der Waals surface area contributed by atoms with Crippen molar-refractivity contribution >= 4 is 11.6 Å². The molecule has 2 N–H and O–H groups in total. The van der Waals surface area contributed by atoms with Gasteiger partial charge in [-0.3, -0.25) is 4.79 Å². The van der Waals surface area contributed by atoms with Crippen molar-refractivity contribution in [2.24, 2.45) is 0 Å². The molecule has 10 heteroatoms. The van der Waals surface area contributed by atoms with Gasteiger partial charge in [0.2, 0.25) is 5.91 Å². The first-order chi connectivity index (χ1) is 13.0. The number of hydrogen-bond acceptors (Lipinski definition) is 3. The van der Waals surface area contributed by atoms with E-state index in [1.807, 2.05) is 6.92 Å². The second kappa shape index (κ2) is 9.88. The standard InChI is InChI=1S/C18H24F6N2O2/c1-3-5-7-15(27)26-16(17(19,20)21,18(22,23)24)25-13-8-10-14(11-9-13)28-12-6-4-2/h8-11,25H,3-7,12H2,1-2H3,(H,26,27). The summed E-state index contributed by atoms with van der Waals surface area (Å²) >= 11 is 0. The quantitative estimate of drug-likeness (QED) is 0.306. The second-order valence-corrected chi connectivity index (χ2v) is 6.25. The van der Waals surface area contributed by atoms with Gasteiger partial charge in [0.05, 0.1) is 6.61 Å². The average molecular weight is 414 g/mol. The number of unbranched alkanes of at least 4 members (excludes halogenated alkanes) is 2. The Hall–Kier alpha value is -2.13. The van der Waals surface area contributed by atoms with Crippen LogP contribution in [0.5, 0.6) is 5.75 Å². The zero-order valence-corrected chi connectivity index (χ0v) is 15.6. The van der Waals surface area contributed by atoms with Crippen LogP contribution >= 0.6 is 0 Å². The molecule has 0 aromatic heterocycles. The lowest BCUT2D eigenvalue weighted by atomic mass is 10.1. The van der Waals surface area contributed by atoms with E-state index in [1.165, 1.54) is 17.4 Å². The largest absolute Gasteiger partial charge is 0.494 e. The topological polar surface area (TPSA) is 50.4 Å². The first-order valence-corrected chi connectivity index (χ1v) is 8.92. The van der Waals surface area contributed by atoms with Crippen molar-refractivity contribution in [3.05, 3.63) is 24.3 Å². The molecule has 0 aliphatic rings. The Morgan fingerprint density at radius 2 is 1.46 bits per heavy atom. The summed E-state index contributed by atoms with van der Waals surface area (Å²) in [5, 5.41) is 2.56. The molecule has 0 bridgehead atoms. The molecular weight excluding hydrogens is 390 g/mol. The van der Waals surface area contributed by atoms with Gasteiger partial charge in [0, 0.05) is 12.1 Å². The van der Waals surface area contributed by atoms with Gasteiger partial charge in [-0.25, -0.2) is 0 Å². The highest BCUT2D eigenvalue weighted by Gasteiger charge is 2.72. The molecule has 0 fully saturated rings. The van der Waals surface area contributed by atoms with Crippen LogP contribution in [0.3, 0.4) is 0 Å². The highest BCUT2D eigenvalue weighted by Crippen LogP contribution is 2.43. The van der Waals surface area contributed by atoms with Gasteiger partial charge in [-0.2, -0.15) is 26.3 Å². The van der Waals surface area contributed by atoms with E-state index in [0.717, 1.165) is 30.3 Å². The van der Waals surface area contributed by atoms with Gasteiger partial charge in [0.25, 0.3) is 0 Å². The van der Waals surface area contributed by atoms with Crippen molar-refractivity contribution in [1.29, 1.82) is 0 Å². The lowest BCUT2D eigenvalue weighted by Gasteiger charge is -2.39. The zero-order chi connectivity index (χ0) is 21.4. The van der Waals surface area contributed by atoms with Crippen LogP contribution in [0.2, 0.25) is 0 Å². The lowest BCUT2D eigenvalue weighted by Crippen LogP contribution is -2.72. The molecule has 0 atom stereocenters. The smallest absolute Gasteiger partial charge is 0.439 e. The third-order valence-corrected chi connectivity index (χ3v) is 3.89. The molecule has 1 rings (SSSR count). The molecule has 0 heterocycles. The Bertz CT molecular complexity index is 600. The van der Waals surface area contributed by atoms with Crippen LogP contribution in [-0.2, 0) is 4.79 Å². The molecule has 0 radical (unpaired) electrons. The predicted octanol–water partition coefficient (Wildman–Crippen LogP) is 5.40. The summed E-state index contributed by atoms with van der Waals surface area (Å²) in [6, 6.07) is 4.58. The number of nitrogens with one attached hydrogen (secondary N) is 2. The molecule has 0 aliphatic carbocycles. The summed E-state index contributed by atoms with van der Waals surface area (Å²) in [4.78, 5) is 11.7. The Kier molecular flexibility index (Phi) is 8.44. The van der Waals surface area contributed by atoms with E-state index in [-0.39, 0.29) is 6.42 Å². The Morgan fingerprint density at radius 3 is 1.93 bits per heavy atom. The third-order valence-electron chi connectivity index (χ3n) is 3.89. The van der Waals surface area contributed by atoms with Crippen molar-refractivity contribution in [3.63, 3.8) is 0 Å². The monoisotopic (exact) mass is 414 g/mol. The maximum absolute atomic E-state index is 13.5. The van der Waals surface area contributed by atoms with Gasteiger partial charge in [-0.05, 0) is 37.1 Å². The van der Waals surface area contributed by atoms with Crippen LogP contribution in [0, 0.1) is 0 Å². The van der Waals surface area contributed by atoms with Crippen LogP contribution in [0.1, 0.15) is 46.0 Å². The molecule has 160 valence electrons. The summed E-state index contributed by atoms with van der Waals surface area (Å²) in [6.07, 6.45) is -9.86. The number of alkyl halides is 6. The minimum absolute atomic E-state index is 0.168. The predicted molar refractivity (Wildman–Crippen MR) is 93.0 cm³/mol. The van der Waals surface area contributed by atoms with Crippen LogP contribution in [0.25, 0.3) is 0 Å². The SMILES string of the molecule is CCCCOc1ccc(NC(NC(=O)CCCC)(C(F)(F)F)C(F)(F)F)cc1. The fraction of sp³-hybridized carbons (Fsp3) is 0.611. The maximum atomic E-state index is 13.5. The molecule has 1 amide bonds. The van der Waals surface area contributed by atoms with E-state index >= 15 is 0 Å². The highest BCUT2D eigenvalue weighted by atomic mass is 19.4. The van der Waals surface area contributed by atoms with E-state index in [1.54, 1.807) is 6.92 Å². The number of hydrogen-bond donors (Lipinski definition) is 2. The molecule has 1 aromatic carbocycles. The van der Waals surface area contributed by atoms with Crippen LogP contribution in [0.15, 0.2) is 24.3 Å². The molecular formula is C18H24F6N2O2. The van der Waals surface area contributed by atoms with Crippen molar-refractivity contribution in [1.82, 2.24) is 5.32 Å². The summed E-state index contributed by atoms with van der Waals surface area (Å²) in [5.41, 5.74) is -5.07. The first kappa shape index (κ1) is 23.9. The molecule has 0 saturated heterocycles. The van der Waals surface area contributed by atoms with Crippen molar-refractivity contribution in [2.45, 2.75) is 64.0 Å². The van der Waals surface area contributed by atoms with Gasteiger partial charge in [-0.15, -0.1) is 0 Å². The summed E-state index contributed by atoms with van der Waals surface area (Å²) in [6.45, 7) is 3.99. The van der Waals surface area contributed by atoms with Crippen molar-refractivity contribution < 1.29 is 35.9 Å². The van der Waals surface area contributed by atoms with E-state index in [9.17, 15) is 31.1 Å². The third kappa shape index (κ3) is 6.20. The minimum Gasteiger partial charge on any atom is -0.494 e. The van der Waals surface area contributed by atoms with E-state index in [0.29, 0.717) is 18.8 Å². The number of anilines is 1. The van der Waals surface area contributed by atoms with Gasteiger partial charge < -0.3 is 15.4 Å². The van der Waals surface area contributed by atoms with Gasteiger partial charge in [-0.1, -0.05) is 26.7 Å². The number of amides is 1.